The fourth-order valence-electron chi connectivity index (χ4n) is 3.87. The maximum Gasteiger partial charge on any atom is 0.253 e. The summed E-state index contributed by atoms with van der Waals surface area (Å²) in [5.41, 5.74) is 2.38. The van der Waals surface area contributed by atoms with Crippen LogP contribution in [0.1, 0.15) is 34.8 Å². The second-order valence-corrected chi connectivity index (χ2v) is 7.10. The molecule has 0 spiro atoms. The molecule has 1 fully saturated rings. The second-order valence-electron chi connectivity index (χ2n) is 7.10. The minimum Gasteiger partial charge on any atom is -0.508 e. The number of rotatable bonds is 4. The molecule has 1 saturated heterocycles. The van der Waals surface area contributed by atoms with Gasteiger partial charge in [0.15, 0.2) is 11.5 Å². The van der Waals surface area contributed by atoms with Crippen LogP contribution in [0.25, 0.3) is 10.9 Å². The molecule has 161 valence electrons. The number of amides is 1. The summed E-state index contributed by atoms with van der Waals surface area (Å²) in [4.78, 5) is 23.5. The number of benzene rings is 2. The second kappa shape index (κ2) is 10.9. The van der Waals surface area contributed by atoms with Crippen molar-refractivity contribution in [1.29, 1.82) is 0 Å². The van der Waals surface area contributed by atoms with E-state index in [1.54, 1.807) is 32.7 Å². The summed E-state index contributed by atoms with van der Waals surface area (Å²) in [6.07, 6.45) is 3.23. The van der Waals surface area contributed by atoms with E-state index < -0.39 is 0 Å². The summed E-state index contributed by atoms with van der Waals surface area (Å²) in [7, 11) is 3.22. The Hall–Kier alpha value is -2.25. The van der Waals surface area contributed by atoms with Crippen LogP contribution in [0.4, 0.5) is 0 Å². The minimum atomic E-state index is -0.0117. The quantitative estimate of drug-likeness (QED) is 0.552. The SMILES string of the molecule is COc1cc2ncnc(C3CCN(C(=O)c4ccc(O)cc4)CC3)c2cc1OC.[CH3-].[Y]. The van der Waals surface area contributed by atoms with Crippen LogP contribution in [-0.4, -0.2) is 53.2 Å². The zero-order valence-corrected chi connectivity index (χ0v) is 20.9. The number of carbonyl (C=O) groups is 1. The van der Waals surface area contributed by atoms with Gasteiger partial charge in [0, 0.05) is 68.7 Å². The first kappa shape index (κ1) is 25.0. The summed E-state index contributed by atoms with van der Waals surface area (Å²) < 4.78 is 10.8. The van der Waals surface area contributed by atoms with E-state index in [-0.39, 0.29) is 57.7 Å². The van der Waals surface area contributed by atoms with E-state index in [4.69, 9.17) is 9.47 Å². The van der Waals surface area contributed by atoms with Crippen LogP contribution in [0, 0.1) is 7.43 Å². The Labute approximate surface area is 207 Å². The normalized spacial score (nSPS) is 13.8. The fraction of sp³-hybridized carbons (Fsp3) is 0.304. The summed E-state index contributed by atoms with van der Waals surface area (Å²) in [6, 6.07) is 10.2. The molecule has 1 radical (unpaired) electrons. The molecule has 7 nitrogen and oxygen atoms in total. The van der Waals surface area contributed by atoms with E-state index >= 15 is 0 Å². The number of aromatic nitrogens is 2. The van der Waals surface area contributed by atoms with Gasteiger partial charge >= 0.3 is 0 Å². The number of nitrogens with zero attached hydrogens (tertiary/aromatic N) is 3. The Kier molecular flexibility index (Phi) is 8.77. The van der Waals surface area contributed by atoms with Gasteiger partial charge in [-0.15, -0.1) is 0 Å². The molecule has 8 heteroatoms. The summed E-state index contributed by atoms with van der Waals surface area (Å²) in [5.74, 6) is 1.67. The van der Waals surface area contributed by atoms with Crippen LogP contribution in [-0.2, 0) is 32.7 Å². The molecule has 4 rings (SSSR count). The summed E-state index contributed by atoms with van der Waals surface area (Å²) in [5, 5.41) is 10.4. The standard InChI is InChI=1S/C22H23N3O4.CH3.Y/c1-28-19-11-17-18(12-20(19)29-2)23-13-24-21(17)14-7-9-25(10-8-14)22(27)15-3-5-16(26)6-4-15;;/h3-6,11-14,26H,7-10H2,1-2H3;1H3;/q;-1;. The molecule has 1 amide bonds. The number of aromatic hydroxyl groups is 1. The van der Waals surface area contributed by atoms with Gasteiger partial charge in [0.1, 0.15) is 12.1 Å². The number of piperidine rings is 1. The van der Waals surface area contributed by atoms with Crippen molar-refractivity contribution >= 4 is 16.8 Å². The van der Waals surface area contributed by atoms with Gasteiger partial charge in [-0.25, -0.2) is 9.97 Å². The molecular formula is C23H26N3O4Y-. The molecular weight excluding hydrogens is 471 g/mol. The largest absolute Gasteiger partial charge is 0.508 e. The predicted octanol–water partition coefficient (Wildman–Crippen LogP) is 3.82. The van der Waals surface area contributed by atoms with Crippen molar-refractivity contribution in [2.75, 3.05) is 27.3 Å². The molecule has 1 aliphatic rings. The summed E-state index contributed by atoms with van der Waals surface area (Å²) in [6.45, 7) is 1.31. The van der Waals surface area contributed by atoms with Crippen molar-refractivity contribution in [2.45, 2.75) is 18.8 Å². The number of phenols is 1. The van der Waals surface area contributed by atoms with Gasteiger partial charge in [-0.1, -0.05) is 0 Å². The maximum atomic E-state index is 12.7. The van der Waals surface area contributed by atoms with Crippen molar-refractivity contribution < 1.29 is 52.1 Å². The molecule has 1 N–H and O–H groups in total. The Morgan fingerprint density at radius 2 is 1.65 bits per heavy atom. The number of hydrogen-bond acceptors (Lipinski definition) is 6. The van der Waals surface area contributed by atoms with Crippen LogP contribution in [0.3, 0.4) is 0 Å². The molecule has 2 heterocycles. The molecule has 3 aromatic rings. The third-order valence-electron chi connectivity index (χ3n) is 5.45. The van der Waals surface area contributed by atoms with E-state index in [1.807, 2.05) is 17.0 Å². The van der Waals surface area contributed by atoms with Crippen LogP contribution in [0.5, 0.6) is 17.2 Å². The topological polar surface area (TPSA) is 84.8 Å². The number of fused-ring (bicyclic) bond motifs is 1. The van der Waals surface area contributed by atoms with Crippen molar-refractivity contribution in [3.8, 4) is 17.2 Å². The van der Waals surface area contributed by atoms with E-state index in [2.05, 4.69) is 9.97 Å². The molecule has 0 bridgehead atoms. The first-order chi connectivity index (χ1) is 14.1. The molecule has 0 saturated carbocycles. The zero-order chi connectivity index (χ0) is 20.4. The number of phenolic OH excluding ortho intramolecular Hbond substituents is 1. The van der Waals surface area contributed by atoms with Crippen LogP contribution in [0.2, 0.25) is 0 Å². The molecule has 31 heavy (non-hydrogen) atoms. The molecule has 1 aromatic heterocycles. The number of likely N-dealkylation sites (tertiary alicyclic amines) is 1. The maximum absolute atomic E-state index is 12.7. The van der Waals surface area contributed by atoms with Gasteiger partial charge < -0.3 is 26.9 Å². The van der Waals surface area contributed by atoms with Gasteiger partial charge in [-0.05, 0) is 43.2 Å². The zero-order valence-electron chi connectivity index (χ0n) is 18.0. The van der Waals surface area contributed by atoms with E-state index in [9.17, 15) is 9.90 Å². The van der Waals surface area contributed by atoms with E-state index in [0.717, 1.165) is 29.4 Å². The molecule has 1 aliphatic heterocycles. The average molecular weight is 497 g/mol. The van der Waals surface area contributed by atoms with Gasteiger partial charge in [0.25, 0.3) is 5.91 Å². The van der Waals surface area contributed by atoms with Crippen molar-refractivity contribution in [3.63, 3.8) is 0 Å². The third kappa shape index (κ3) is 5.16. The first-order valence-corrected chi connectivity index (χ1v) is 9.55. The van der Waals surface area contributed by atoms with E-state index in [0.29, 0.717) is 30.2 Å². The molecule has 0 atom stereocenters. The Morgan fingerprint density at radius 1 is 1.03 bits per heavy atom. The van der Waals surface area contributed by atoms with Gasteiger partial charge in [-0.2, -0.15) is 0 Å². The van der Waals surface area contributed by atoms with Gasteiger partial charge in [0.05, 0.1) is 25.4 Å². The van der Waals surface area contributed by atoms with Gasteiger partial charge in [-0.3, -0.25) is 4.79 Å². The van der Waals surface area contributed by atoms with Gasteiger partial charge in [0.2, 0.25) is 0 Å². The Bertz CT molecular complexity index is 1030. The smallest absolute Gasteiger partial charge is 0.253 e. The van der Waals surface area contributed by atoms with Crippen LogP contribution >= 0.6 is 0 Å². The number of carbonyl (C=O) groups excluding carboxylic acids is 1. The molecule has 0 aliphatic carbocycles. The fourth-order valence-corrected chi connectivity index (χ4v) is 3.87. The third-order valence-corrected chi connectivity index (χ3v) is 5.45. The van der Waals surface area contributed by atoms with Crippen LogP contribution in [0.15, 0.2) is 42.7 Å². The van der Waals surface area contributed by atoms with Crippen LogP contribution < -0.4 is 9.47 Å². The minimum absolute atomic E-state index is 0. The molecule has 0 unspecified atom stereocenters. The molecule has 2 aromatic carbocycles. The number of hydrogen-bond donors (Lipinski definition) is 1. The Morgan fingerprint density at radius 3 is 2.26 bits per heavy atom. The number of methoxy groups -OCH3 is 2. The Balaban J connectivity index is 0.00000171. The summed E-state index contributed by atoms with van der Waals surface area (Å²) >= 11 is 0. The predicted molar refractivity (Wildman–Crippen MR) is 115 cm³/mol. The van der Waals surface area contributed by atoms with E-state index in [1.165, 1.54) is 12.1 Å². The number of ether oxygens (including phenoxy) is 2. The van der Waals surface area contributed by atoms with Crippen molar-refractivity contribution in [2.24, 2.45) is 0 Å². The van der Waals surface area contributed by atoms with Crippen molar-refractivity contribution in [3.05, 3.63) is 61.4 Å². The first-order valence-electron chi connectivity index (χ1n) is 9.55. The monoisotopic (exact) mass is 497 g/mol. The average Bonchev–Trinajstić information content (AvgIpc) is 2.77. The van der Waals surface area contributed by atoms with Crippen molar-refractivity contribution in [1.82, 2.24) is 14.9 Å².